The van der Waals surface area contributed by atoms with Crippen LogP contribution in [-0.4, -0.2) is 33.8 Å². The van der Waals surface area contributed by atoms with Crippen LogP contribution in [-0.2, 0) is 5.67 Å². The Morgan fingerprint density at radius 2 is 1.57 bits per heavy atom. The van der Waals surface area contributed by atoms with Gasteiger partial charge in [-0.3, -0.25) is 24.5 Å². The maximum atomic E-state index is 14.9. The Morgan fingerprint density at radius 1 is 0.865 bits per heavy atom. The highest BCUT2D eigenvalue weighted by molar-refractivity contribution is 6.04. The molecule has 0 aliphatic rings. The van der Waals surface area contributed by atoms with Crippen molar-refractivity contribution in [2.75, 3.05) is 12.4 Å². The highest BCUT2D eigenvalue weighted by atomic mass is 19.1. The molecule has 3 aromatic heterocycles. The van der Waals surface area contributed by atoms with Crippen LogP contribution in [0.3, 0.4) is 0 Å². The van der Waals surface area contributed by atoms with Crippen molar-refractivity contribution in [1.82, 2.24) is 20.3 Å². The van der Waals surface area contributed by atoms with Crippen LogP contribution in [0, 0.1) is 12.7 Å². The minimum Gasteiger partial charge on any atom is -0.354 e. The molecule has 0 spiro atoms. The predicted molar refractivity (Wildman–Crippen MR) is 137 cm³/mol. The lowest BCUT2D eigenvalue weighted by Crippen LogP contribution is -2.19. The lowest BCUT2D eigenvalue weighted by atomic mass is 9.98. The first-order chi connectivity index (χ1) is 17.6. The molecule has 9 heteroatoms. The number of pyridine rings is 3. The average molecular weight is 502 g/mol. The summed E-state index contributed by atoms with van der Waals surface area (Å²) in [6.45, 7) is 4.35. The van der Waals surface area contributed by atoms with E-state index in [1.165, 1.54) is 51.5 Å². The van der Waals surface area contributed by atoms with Gasteiger partial charge in [-0.05, 0) is 86.0 Å². The van der Waals surface area contributed by atoms with Crippen LogP contribution in [0.1, 0.15) is 46.0 Å². The normalized spacial score (nSPS) is 11.2. The number of anilines is 1. The number of nitrogens with one attached hydrogen (secondary N) is 2. The van der Waals surface area contributed by atoms with Gasteiger partial charge in [0.15, 0.2) is 0 Å². The smallest absolute Gasteiger partial charge is 0.269 e. The molecule has 2 amide bonds. The van der Waals surface area contributed by atoms with Crippen molar-refractivity contribution in [3.63, 3.8) is 0 Å². The number of rotatable bonds is 6. The number of benzene rings is 1. The zero-order chi connectivity index (χ0) is 26.7. The molecule has 0 unspecified atom stereocenters. The Balaban J connectivity index is 1.67. The van der Waals surface area contributed by atoms with E-state index in [0.717, 1.165) is 0 Å². The van der Waals surface area contributed by atoms with Gasteiger partial charge in [-0.25, -0.2) is 8.78 Å². The van der Waals surface area contributed by atoms with Crippen molar-refractivity contribution in [3.05, 3.63) is 95.5 Å². The van der Waals surface area contributed by atoms with Gasteiger partial charge >= 0.3 is 0 Å². The summed E-state index contributed by atoms with van der Waals surface area (Å²) in [6, 6.07) is 12.6. The second kappa shape index (κ2) is 10.2. The van der Waals surface area contributed by atoms with E-state index in [-0.39, 0.29) is 28.5 Å². The summed E-state index contributed by atoms with van der Waals surface area (Å²) in [7, 11) is 1.52. The largest absolute Gasteiger partial charge is 0.354 e. The minimum atomic E-state index is -1.71. The van der Waals surface area contributed by atoms with E-state index in [2.05, 4.69) is 25.6 Å². The van der Waals surface area contributed by atoms with Gasteiger partial charge in [-0.15, -0.1) is 0 Å². The summed E-state index contributed by atoms with van der Waals surface area (Å²) in [4.78, 5) is 37.3. The molecular weight excluding hydrogens is 476 g/mol. The maximum Gasteiger partial charge on any atom is 0.269 e. The Hall–Kier alpha value is -4.53. The van der Waals surface area contributed by atoms with Gasteiger partial charge in [-0.1, -0.05) is 0 Å². The molecule has 0 saturated carbocycles. The van der Waals surface area contributed by atoms with Crippen LogP contribution in [0.4, 0.5) is 14.5 Å². The minimum absolute atomic E-state index is 0.121. The fraction of sp³-hybridized carbons (Fsp3) is 0.179. The van der Waals surface area contributed by atoms with Gasteiger partial charge in [0.25, 0.3) is 11.8 Å². The maximum absolute atomic E-state index is 14.9. The summed E-state index contributed by atoms with van der Waals surface area (Å²) in [5.41, 5.74) is 1.95. The predicted octanol–water partition coefficient (Wildman–Crippen LogP) is 5.47. The third kappa shape index (κ3) is 5.66. The zero-order valence-corrected chi connectivity index (χ0v) is 20.8. The Kier molecular flexibility index (Phi) is 7.06. The third-order valence-corrected chi connectivity index (χ3v) is 5.82. The Bertz CT molecular complexity index is 1500. The van der Waals surface area contributed by atoms with E-state index in [1.807, 2.05) is 0 Å². The number of hydrogen-bond donors (Lipinski definition) is 2. The highest BCUT2D eigenvalue weighted by Crippen LogP contribution is 2.31. The van der Waals surface area contributed by atoms with Crippen LogP contribution in [0.25, 0.3) is 22.4 Å². The number of amides is 2. The molecule has 37 heavy (non-hydrogen) atoms. The van der Waals surface area contributed by atoms with Gasteiger partial charge in [-0.2, -0.15) is 0 Å². The van der Waals surface area contributed by atoms with Gasteiger partial charge in [0.2, 0.25) is 0 Å². The molecule has 3 heterocycles. The molecule has 1 aromatic carbocycles. The van der Waals surface area contributed by atoms with E-state index in [1.54, 1.807) is 43.5 Å². The zero-order valence-electron chi connectivity index (χ0n) is 20.8. The molecule has 0 aliphatic carbocycles. The van der Waals surface area contributed by atoms with Crippen molar-refractivity contribution in [2.45, 2.75) is 26.4 Å². The first-order valence-corrected chi connectivity index (χ1v) is 11.5. The second-order valence-electron chi connectivity index (χ2n) is 8.93. The van der Waals surface area contributed by atoms with E-state index < -0.39 is 17.4 Å². The fourth-order valence-corrected chi connectivity index (χ4v) is 3.75. The average Bonchev–Trinajstić information content (AvgIpc) is 2.90. The lowest BCUT2D eigenvalue weighted by Gasteiger charge is -2.15. The molecule has 0 saturated heterocycles. The number of carbonyl (C=O) groups excluding carboxylic acids is 2. The SMILES string of the molecule is CNC(=O)c1cc(-c2cc(-c3cc(NC(=O)c4ccnc(C(C)(C)F)c4)cc(F)c3C)ccn2)ccn1. The summed E-state index contributed by atoms with van der Waals surface area (Å²) < 4.78 is 29.2. The molecule has 0 bridgehead atoms. The first kappa shape index (κ1) is 25.6. The Morgan fingerprint density at radius 3 is 2.30 bits per heavy atom. The van der Waals surface area contributed by atoms with Gasteiger partial charge < -0.3 is 10.6 Å². The summed E-state index contributed by atoms with van der Waals surface area (Å²) >= 11 is 0. The topological polar surface area (TPSA) is 96.9 Å². The second-order valence-corrected chi connectivity index (χ2v) is 8.93. The first-order valence-electron chi connectivity index (χ1n) is 11.5. The molecule has 0 atom stereocenters. The van der Waals surface area contributed by atoms with Crippen molar-refractivity contribution in [2.24, 2.45) is 0 Å². The summed E-state index contributed by atoms with van der Waals surface area (Å²) in [5.74, 6) is -1.34. The van der Waals surface area contributed by atoms with Crippen molar-refractivity contribution in [1.29, 1.82) is 0 Å². The Labute approximate surface area is 213 Å². The van der Waals surface area contributed by atoms with Crippen LogP contribution in [0.2, 0.25) is 0 Å². The van der Waals surface area contributed by atoms with Gasteiger partial charge in [0.05, 0.1) is 11.4 Å². The number of alkyl halides is 1. The van der Waals surface area contributed by atoms with E-state index in [4.69, 9.17) is 0 Å². The number of aromatic nitrogens is 3. The number of halogens is 2. The standard InChI is InChI=1S/C28H25F2N5O2/c1-16-21(17-5-8-32-23(11-17)18-6-9-33-24(12-18)27(37)31-4)14-20(15-22(16)29)35-26(36)19-7-10-34-25(13-19)28(2,3)30/h5-15H,1-4H3,(H,31,37)(H,35,36). The van der Waals surface area contributed by atoms with Gasteiger partial charge in [0, 0.05) is 42.5 Å². The number of nitrogens with zero attached hydrogens (tertiary/aromatic N) is 3. The molecular formula is C28H25F2N5O2. The van der Waals surface area contributed by atoms with E-state index >= 15 is 0 Å². The van der Waals surface area contributed by atoms with Crippen LogP contribution < -0.4 is 10.6 Å². The number of carbonyl (C=O) groups is 2. The molecule has 7 nitrogen and oxygen atoms in total. The molecule has 0 radical (unpaired) electrons. The van der Waals surface area contributed by atoms with Crippen LogP contribution >= 0.6 is 0 Å². The molecule has 2 N–H and O–H groups in total. The van der Waals surface area contributed by atoms with E-state index in [9.17, 15) is 18.4 Å². The monoisotopic (exact) mass is 501 g/mol. The third-order valence-electron chi connectivity index (χ3n) is 5.82. The summed E-state index contributed by atoms with van der Waals surface area (Å²) in [6.07, 6.45) is 4.47. The summed E-state index contributed by atoms with van der Waals surface area (Å²) in [5, 5.41) is 5.22. The van der Waals surface area contributed by atoms with E-state index in [0.29, 0.717) is 27.9 Å². The van der Waals surface area contributed by atoms with Gasteiger partial charge in [0.1, 0.15) is 17.2 Å². The molecule has 4 aromatic rings. The van der Waals surface area contributed by atoms with Crippen LogP contribution in [0.15, 0.2) is 67.1 Å². The molecule has 0 fully saturated rings. The molecule has 4 rings (SSSR count). The quantitative estimate of drug-likeness (QED) is 0.365. The van der Waals surface area contributed by atoms with Crippen LogP contribution in [0.5, 0.6) is 0 Å². The van der Waals surface area contributed by atoms with Crippen molar-refractivity contribution in [3.8, 4) is 22.4 Å². The number of hydrogen-bond acceptors (Lipinski definition) is 5. The van der Waals surface area contributed by atoms with Crippen molar-refractivity contribution >= 4 is 17.5 Å². The molecule has 188 valence electrons. The van der Waals surface area contributed by atoms with Crippen molar-refractivity contribution < 1.29 is 18.4 Å². The molecule has 0 aliphatic heterocycles. The highest BCUT2D eigenvalue weighted by Gasteiger charge is 2.22. The fourth-order valence-electron chi connectivity index (χ4n) is 3.75. The lowest BCUT2D eigenvalue weighted by molar-refractivity contribution is 0.0957.